The van der Waals surface area contributed by atoms with Gasteiger partial charge in [-0.2, -0.15) is 5.10 Å². The number of nitrogens with zero attached hydrogens (tertiary/aromatic N) is 3. The van der Waals surface area contributed by atoms with Crippen LogP contribution >= 0.6 is 11.6 Å². The Labute approximate surface area is 133 Å². The van der Waals surface area contributed by atoms with Crippen molar-refractivity contribution in [1.82, 2.24) is 19.7 Å². The molecule has 2 aromatic heterocycles. The number of nitrogens with one attached hydrogen (secondary N) is 1. The first-order chi connectivity index (χ1) is 10.7. The predicted octanol–water partition coefficient (Wildman–Crippen LogP) is 3.74. The maximum atomic E-state index is 6.06. The van der Waals surface area contributed by atoms with Gasteiger partial charge >= 0.3 is 0 Å². The fourth-order valence-electron chi connectivity index (χ4n) is 3.07. The molecule has 0 radical (unpaired) electrons. The van der Waals surface area contributed by atoms with Crippen molar-refractivity contribution in [1.29, 1.82) is 0 Å². The van der Waals surface area contributed by atoms with Gasteiger partial charge in [0.2, 0.25) is 0 Å². The highest BCUT2D eigenvalue weighted by molar-refractivity contribution is 6.31. The van der Waals surface area contributed by atoms with Gasteiger partial charge in [-0.3, -0.25) is 0 Å². The molecule has 0 bridgehead atoms. The van der Waals surface area contributed by atoms with Gasteiger partial charge < -0.3 is 9.72 Å². The van der Waals surface area contributed by atoms with E-state index in [0.717, 1.165) is 52.6 Å². The molecular weight excluding hydrogens is 300 g/mol. The SMILES string of the molecule is Cc1nc(-c2c[nH]c3cc(Cl)ccc23)n(C2CCCOC2)n1. The van der Waals surface area contributed by atoms with Crippen LogP contribution in [-0.2, 0) is 4.74 Å². The van der Waals surface area contributed by atoms with E-state index in [0.29, 0.717) is 6.61 Å². The molecule has 1 fully saturated rings. The number of halogens is 1. The van der Waals surface area contributed by atoms with Crippen molar-refractivity contribution < 1.29 is 4.74 Å². The van der Waals surface area contributed by atoms with Gasteiger partial charge in [0.05, 0.1) is 12.6 Å². The number of hydrogen-bond donors (Lipinski definition) is 1. The van der Waals surface area contributed by atoms with Crippen LogP contribution < -0.4 is 0 Å². The third-order valence-electron chi connectivity index (χ3n) is 4.10. The van der Waals surface area contributed by atoms with Gasteiger partial charge in [-0.25, -0.2) is 9.67 Å². The molecule has 0 saturated carbocycles. The van der Waals surface area contributed by atoms with Crippen molar-refractivity contribution in [2.45, 2.75) is 25.8 Å². The largest absolute Gasteiger partial charge is 0.379 e. The minimum Gasteiger partial charge on any atom is -0.379 e. The Morgan fingerprint density at radius 1 is 1.41 bits per heavy atom. The molecule has 1 aliphatic rings. The summed E-state index contributed by atoms with van der Waals surface area (Å²) < 4.78 is 7.63. The average molecular weight is 317 g/mol. The van der Waals surface area contributed by atoms with Gasteiger partial charge in [0.15, 0.2) is 5.82 Å². The van der Waals surface area contributed by atoms with E-state index in [1.54, 1.807) is 0 Å². The molecule has 1 atom stereocenters. The molecule has 4 rings (SSSR count). The fraction of sp³-hybridized carbons (Fsp3) is 0.375. The van der Waals surface area contributed by atoms with Crippen LogP contribution in [0.2, 0.25) is 5.02 Å². The first-order valence-electron chi connectivity index (χ1n) is 7.50. The quantitative estimate of drug-likeness (QED) is 0.783. The summed E-state index contributed by atoms with van der Waals surface area (Å²) in [7, 11) is 0. The van der Waals surface area contributed by atoms with Crippen molar-refractivity contribution in [3.8, 4) is 11.4 Å². The molecule has 1 N–H and O–H groups in total. The van der Waals surface area contributed by atoms with Crippen LogP contribution in [0, 0.1) is 6.92 Å². The van der Waals surface area contributed by atoms with E-state index in [4.69, 9.17) is 16.3 Å². The normalized spacial score (nSPS) is 18.9. The lowest BCUT2D eigenvalue weighted by atomic mass is 10.1. The van der Waals surface area contributed by atoms with Crippen LogP contribution in [0.15, 0.2) is 24.4 Å². The molecule has 6 heteroatoms. The Morgan fingerprint density at radius 2 is 2.32 bits per heavy atom. The van der Waals surface area contributed by atoms with E-state index in [2.05, 4.69) is 15.1 Å². The minimum absolute atomic E-state index is 0.252. The van der Waals surface area contributed by atoms with Crippen LogP contribution in [0.1, 0.15) is 24.7 Å². The number of fused-ring (bicyclic) bond motifs is 1. The predicted molar refractivity (Wildman–Crippen MR) is 86.2 cm³/mol. The lowest BCUT2D eigenvalue weighted by Gasteiger charge is -2.23. The maximum absolute atomic E-state index is 6.06. The van der Waals surface area contributed by atoms with Gasteiger partial charge in [-0.05, 0) is 31.9 Å². The van der Waals surface area contributed by atoms with E-state index in [1.165, 1.54) is 0 Å². The standard InChI is InChI=1S/C16H17ClN4O/c1-10-19-16(21(20-10)12-3-2-6-22-9-12)14-8-18-15-7-11(17)4-5-13(14)15/h4-5,7-8,12,18H,2-3,6,9H2,1H3. The first kappa shape index (κ1) is 13.8. The summed E-state index contributed by atoms with van der Waals surface area (Å²) in [6.45, 7) is 3.46. The summed E-state index contributed by atoms with van der Waals surface area (Å²) in [5.74, 6) is 1.67. The number of H-pyrrole nitrogens is 1. The average Bonchev–Trinajstić information content (AvgIpc) is 3.11. The molecule has 0 spiro atoms. The monoisotopic (exact) mass is 316 g/mol. The molecule has 3 heterocycles. The second kappa shape index (κ2) is 5.41. The second-order valence-corrected chi connectivity index (χ2v) is 6.13. The van der Waals surface area contributed by atoms with Crippen LogP contribution in [0.3, 0.4) is 0 Å². The van der Waals surface area contributed by atoms with Crippen molar-refractivity contribution in [3.63, 3.8) is 0 Å². The zero-order valence-corrected chi connectivity index (χ0v) is 13.1. The number of rotatable bonds is 2. The summed E-state index contributed by atoms with van der Waals surface area (Å²) in [6.07, 6.45) is 4.11. The van der Waals surface area contributed by atoms with E-state index in [1.807, 2.05) is 36.0 Å². The fourth-order valence-corrected chi connectivity index (χ4v) is 3.24. The Bertz CT molecular complexity index is 817. The van der Waals surface area contributed by atoms with Crippen LogP contribution in [-0.4, -0.2) is 33.0 Å². The zero-order chi connectivity index (χ0) is 15.1. The molecule has 0 aliphatic carbocycles. The van der Waals surface area contributed by atoms with Crippen molar-refractivity contribution in [2.24, 2.45) is 0 Å². The molecule has 22 heavy (non-hydrogen) atoms. The van der Waals surface area contributed by atoms with Crippen molar-refractivity contribution >= 4 is 22.5 Å². The van der Waals surface area contributed by atoms with Crippen LogP contribution in [0.5, 0.6) is 0 Å². The topological polar surface area (TPSA) is 55.7 Å². The number of aromatic nitrogens is 4. The molecule has 0 amide bonds. The van der Waals surface area contributed by atoms with Crippen molar-refractivity contribution in [2.75, 3.05) is 13.2 Å². The Balaban J connectivity index is 1.84. The molecule has 114 valence electrons. The number of aryl methyl sites for hydroxylation is 1. The van der Waals surface area contributed by atoms with E-state index in [-0.39, 0.29) is 6.04 Å². The van der Waals surface area contributed by atoms with Gasteiger partial charge in [0, 0.05) is 34.3 Å². The Morgan fingerprint density at radius 3 is 3.14 bits per heavy atom. The highest BCUT2D eigenvalue weighted by atomic mass is 35.5. The van der Waals surface area contributed by atoms with Crippen molar-refractivity contribution in [3.05, 3.63) is 35.2 Å². The molecule has 3 aromatic rings. The number of ether oxygens (including phenoxy) is 1. The van der Waals surface area contributed by atoms with Gasteiger partial charge in [-0.1, -0.05) is 17.7 Å². The summed E-state index contributed by atoms with van der Waals surface area (Å²) in [5, 5.41) is 6.43. The molecule has 1 unspecified atom stereocenters. The molecule has 1 aliphatic heterocycles. The lowest BCUT2D eigenvalue weighted by Crippen LogP contribution is -2.22. The third kappa shape index (κ3) is 2.30. The smallest absolute Gasteiger partial charge is 0.160 e. The van der Waals surface area contributed by atoms with E-state index < -0.39 is 0 Å². The molecule has 1 aromatic carbocycles. The van der Waals surface area contributed by atoms with E-state index >= 15 is 0 Å². The highest BCUT2D eigenvalue weighted by Crippen LogP contribution is 2.32. The van der Waals surface area contributed by atoms with Gasteiger partial charge in [0.1, 0.15) is 5.82 Å². The minimum atomic E-state index is 0.252. The van der Waals surface area contributed by atoms with Gasteiger partial charge in [0.25, 0.3) is 0 Å². The Hall–Kier alpha value is -1.85. The number of hydrogen-bond acceptors (Lipinski definition) is 3. The molecule has 1 saturated heterocycles. The number of benzene rings is 1. The summed E-state index contributed by atoms with van der Waals surface area (Å²) in [4.78, 5) is 7.91. The summed E-state index contributed by atoms with van der Waals surface area (Å²) in [5.41, 5.74) is 2.06. The van der Waals surface area contributed by atoms with Gasteiger partial charge in [-0.15, -0.1) is 0 Å². The third-order valence-corrected chi connectivity index (χ3v) is 4.34. The van der Waals surface area contributed by atoms with Crippen LogP contribution in [0.4, 0.5) is 0 Å². The maximum Gasteiger partial charge on any atom is 0.160 e. The second-order valence-electron chi connectivity index (χ2n) is 5.69. The molecular formula is C16H17ClN4O. The van der Waals surface area contributed by atoms with Crippen LogP contribution in [0.25, 0.3) is 22.3 Å². The first-order valence-corrected chi connectivity index (χ1v) is 7.88. The molecule has 5 nitrogen and oxygen atoms in total. The summed E-state index contributed by atoms with van der Waals surface area (Å²) in [6, 6.07) is 6.10. The van der Waals surface area contributed by atoms with E-state index in [9.17, 15) is 0 Å². The zero-order valence-electron chi connectivity index (χ0n) is 12.3. The summed E-state index contributed by atoms with van der Waals surface area (Å²) >= 11 is 6.06. The number of aromatic amines is 1. The highest BCUT2D eigenvalue weighted by Gasteiger charge is 2.23. The Kier molecular flexibility index (Phi) is 3.39. The lowest BCUT2D eigenvalue weighted by molar-refractivity contribution is 0.0554.